The highest BCUT2D eigenvalue weighted by atomic mass is 16.5. The molecule has 1 aromatic carbocycles. The first-order valence-corrected chi connectivity index (χ1v) is 10.1. The minimum absolute atomic E-state index is 0.0115. The van der Waals surface area contributed by atoms with E-state index in [2.05, 4.69) is 5.10 Å². The predicted molar refractivity (Wildman–Crippen MR) is 118 cm³/mol. The number of hydrogen-bond acceptors (Lipinski definition) is 7. The van der Waals surface area contributed by atoms with Crippen molar-refractivity contribution in [1.82, 2.24) is 19.7 Å². The summed E-state index contributed by atoms with van der Waals surface area (Å²) in [6, 6.07) is 9.44. The summed E-state index contributed by atoms with van der Waals surface area (Å²) in [6.07, 6.45) is 1.57. The van der Waals surface area contributed by atoms with E-state index in [0.717, 1.165) is 16.0 Å². The molecule has 32 heavy (non-hydrogen) atoms. The third-order valence-corrected chi connectivity index (χ3v) is 5.02. The molecule has 3 rings (SSSR count). The SMILES string of the molecule is COC(=O)CN(CC(=O)OC)C(=O)c1cc(-c2ccc(C)cc2)nc2c1cnn2C(C)C. The summed E-state index contributed by atoms with van der Waals surface area (Å²) >= 11 is 0. The Kier molecular flexibility index (Phi) is 6.87. The normalized spacial score (nSPS) is 10.9. The van der Waals surface area contributed by atoms with Gasteiger partial charge < -0.3 is 14.4 Å². The molecular formula is C23H26N4O5. The van der Waals surface area contributed by atoms with Crippen LogP contribution in [-0.2, 0) is 19.1 Å². The molecule has 0 spiro atoms. The molecule has 2 heterocycles. The lowest BCUT2D eigenvalue weighted by atomic mass is 10.0. The Balaban J connectivity index is 2.17. The minimum Gasteiger partial charge on any atom is -0.468 e. The average molecular weight is 438 g/mol. The molecule has 0 bridgehead atoms. The highest BCUT2D eigenvalue weighted by molar-refractivity contribution is 6.08. The molecule has 0 aliphatic carbocycles. The second-order valence-electron chi connectivity index (χ2n) is 7.65. The fourth-order valence-corrected chi connectivity index (χ4v) is 3.26. The van der Waals surface area contributed by atoms with Crippen molar-refractivity contribution in [2.24, 2.45) is 0 Å². The van der Waals surface area contributed by atoms with Crippen LogP contribution >= 0.6 is 0 Å². The molecule has 0 saturated carbocycles. The van der Waals surface area contributed by atoms with E-state index in [4.69, 9.17) is 14.5 Å². The van der Waals surface area contributed by atoms with E-state index in [1.807, 2.05) is 45.0 Å². The lowest BCUT2D eigenvalue weighted by Crippen LogP contribution is -2.40. The number of ether oxygens (including phenoxy) is 2. The van der Waals surface area contributed by atoms with E-state index in [-0.39, 0.29) is 11.6 Å². The van der Waals surface area contributed by atoms with Crippen LogP contribution < -0.4 is 0 Å². The summed E-state index contributed by atoms with van der Waals surface area (Å²) < 4.78 is 11.1. The zero-order valence-corrected chi connectivity index (χ0v) is 18.8. The number of carbonyl (C=O) groups excluding carboxylic acids is 3. The number of pyridine rings is 1. The van der Waals surface area contributed by atoms with Crippen LogP contribution in [0.1, 0.15) is 35.8 Å². The van der Waals surface area contributed by atoms with Crippen LogP contribution in [0.15, 0.2) is 36.5 Å². The number of aromatic nitrogens is 3. The molecule has 0 aliphatic rings. The van der Waals surface area contributed by atoms with Gasteiger partial charge in [-0.25, -0.2) is 9.67 Å². The zero-order chi connectivity index (χ0) is 23.4. The highest BCUT2D eigenvalue weighted by Gasteiger charge is 2.26. The summed E-state index contributed by atoms with van der Waals surface area (Å²) in [5.41, 5.74) is 3.33. The van der Waals surface area contributed by atoms with Gasteiger partial charge in [0.05, 0.1) is 37.1 Å². The van der Waals surface area contributed by atoms with Gasteiger partial charge in [0.15, 0.2) is 5.65 Å². The monoisotopic (exact) mass is 438 g/mol. The summed E-state index contributed by atoms with van der Waals surface area (Å²) in [5, 5.41) is 4.93. The number of rotatable bonds is 7. The molecule has 0 saturated heterocycles. The number of amides is 1. The van der Waals surface area contributed by atoms with E-state index < -0.39 is 30.9 Å². The average Bonchev–Trinajstić information content (AvgIpc) is 3.22. The fourth-order valence-electron chi connectivity index (χ4n) is 3.26. The molecular weight excluding hydrogens is 412 g/mol. The van der Waals surface area contributed by atoms with Gasteiger partial charge in [-0.1, -0.05) is 29.8 Å². The predicted octanol–water partition coefficient (Wildman–Crippen LogP) is 2.78. The molecule has 9 heteroatoms. The summed E-state index contributed by atoms with van der Waals surface area (Å²) in [4.78, 5) is 43.2. The number of methoxy groups -OCH3 is 2. The smallest absolute Gasteiger partial charge is 0.325 e. The summed E-state index contributed by atoms with van der Waals surface area (Å²) in [6.45, 7) is 5.13. The van der Waals surface area contributed by atoms with E-state index in [0.29, 0.717) is 16.7 Å². The first-order valence-electron chi connectivity index (χ1n) is 10.1. The van der Waals surface area contributed by atoms with Gasteiger partial charge in [-0.05, 0) is 26.8 Å². The standard InChI is InChI=1S/C23H26N4O5/c1-14(2)27-22-18(11-24-27)17(10-19(25-22)16-8-6-15(3)7-9-16)23(30)26(12-20(28)31-4)13-21(29)32-5/h6-11,14H,12-13H2,1-5H3. The van der Waals surface area contributed by atoms with Crippen molar-refractivity contribution in [3.05, 3.63) is 47.7 Å². The van der Waals surface area contributed by atoms with Crippen LogP contribution in [0.2, 0.25) is 0 Å². The lowest BCUT2D eigenvalue weighted by Gasteiger charge is -2.21. The van der Waals surface area contributed by atoms with Gasteiger partial charge >= 0.3 is 11.9 Å². The molecule has 0 radical (unpaired) electrons. The lowest BCUT2D eigenvalue weighted by molar-refractivity contribution is -0.144. The van der Waals surface area contributed by atoms with Crippen molar-refractivity contribution in [2.45, 2.75) is 26.8 Å². The Morgan fingerprint density at radius 2 is 1.62 bits per heavy atom. The zero-order valence-electron chi connectivity index (χ0n) is 18.8. The van der Waals surface area contributed by atoms with Gasteiger partial charge in [0.2, 0.25) is 0 Å². The molecule has 0 fully saturated rings. The molecule has 2 aromatic heterocycles. The molecule has 0 N–H and O–H groups in total. The molecule has 1 amide bonds. The fraction of sp³-hybridized carbons (Fsp3) is 0.348. The Morgan fingerprint density at radius 1 is 1.03 bits per heavy atom. The van der Waals surface area contributed by atoms with Gasteiger partial charge in [0, 0.05) is 11.6 Å². The first kappa shape index (κ1) is 22.9. The molecule has 0 aliphatic heterocycles. The summed E-state index contributed by atoms with van der Waals surface area (Å²) in [5.74, 6) is -1.82. The van der Waals surface area contributed by atoms with E-state index in [9.17, 15) is 14.4 Å². The number of esters is 2. The minimum atomic E-state index is -0.649. The van der Waals surface area contributed by atoms with Crippen LogP contribution in [-0.4, -0.2) is 64.8 Å². The van der Waals surface area contributed by atoms with E-state index in [1.54, 1.807) is 16.9 Å². The number of nitrogens with zero attached hydrogens (tertiary/aromatic N) is 4. The van der Waals surface area contributed by atoms with Crippen molar-refractivity contribution in [3.8, 4) is 11.3 Å². The summed E-state index contributed by atoms with van der Waals surface area (Å²) in [7, 11) is 2.44. The maximum absolute atomic E-state index is 13.5. The number of benzene rings is 1. The van der Waals surface area contributed by atoms with Gasteiger partial charge in [-0.3, -0.25) is 14.4 Å². The molecule has 0 unspecified atom stereocenters. The molecule has 9 nitrogen and oxygen atoms in total. The van der Waals surface area contributed by atoms with E-state index in [1.165, 1.54) is 14.2 Å². The maximum Gasteiger partial charge on any atom is 0.325 e. The van der Waals surface area contributed by atoms with Gasteiger partial charge in [0.1, 0.15) is 13.1 Å². The number of carbonyl (C=O) groups is 3. The Labute approximate surface area is 185 Å². The second kappa shape index (κ2) is 9.59. The maximum atomic E-state index is 13.5. The number of fused-ring (bicyclic) bond motifs is 1. The number of hydrogen-bond donors (Lipinski definition) is 0. The van der Waals surface area contributed by atoms with Crippen LogP contribution in [0.3, 0.4) is 0 Å². The van der Waals surface area contributed by atoms with Crippen molar-refractivity contribution in [1.29, 1.82) is 0 Å². The van der Waals surface area contributed by atoms with Crippen LogP contribution in [0, 0.1) is 6.92 Å². The van der Waals surface area contributed by atoms with Crippen molar-refractivity contribution < 1.29 is 23.9 Å². The third kappa shape index (κ3) is 4.77. The van der Waals surface area contributed by atoms with Crippen LogP contribution in [0.25, 0.3) is 22.3 Å². The Morgan fingerprint density at radius 3 is 2.16 bits per heavy atom. The topological polar surface area (TPSA) is 104 Å². The molecule has 0 atom stereocenters. The van der Waals surface area contributed by atoms with Crippen molar-refractivity contribution in [3.63, 3.8) is 0 Å². The van der Waals surface area contributed by atoms with Gasteiger partial charge in [0.25, 0.3) is 5.91 Å². The largest absolute Gasteiger partial charge is 0.468 e. The molecule has 168 valence electrons. The Bertz CT molecular complexity index is 1130. The van der Waals surface area contributed by atoms with Crippen molar-refractivity contribution in [2.75, 3.05) is 27.3 Å². The van der Waals surface area contributed by atoms with E-state index >= 15 is 0 Å². The van der Waals surface area contributed by atoms with Crippen LogP contribution in [0.5, 0.6) is 0 Å². The molecule has 3 aromatic rings. The first-order chi connectivity index (χ1) is 15.2. The Hall–Kier alpha value is -3.75. The third-order valence-electron chi connectivity index (χ3n) is 5.02. The van der Waals surface area contributed by atoms with Crippen molar-refractivity contribution >= 4 is 28.9 Å². The second-order valence-corrected chi connectivity index (χ2v) is 7.65. The number of aryl methyl sites for hydroxylation is 1. The highest BCUT2D eigenvalue weighted by Crippen LogP contribution is 2.27. The van der Waals surface area contributed by atoms with Gasteiger partial charge in [-0.2, -0.15) is 5.10 Å². The van der Waals surface area contributed by atoms with Crippen LogP contribution in [0.4, 0.5) is 0 Å². The quantitative estimate of drug-likeness (QED) is 0.523. The van der Waals surface area contributed by atoms with Gasteiger partial charge in [-0.15, -0.1) is 0 Å².